The van der Waals surface area contributed by atoms with Crippen LogP contribution in [0.1, 0.15) is 52.4 Å². The van der Waals surface area contributed by atoms with Crippen LogP contribution in [-0.2, 0) is 4.79 Å². The van der Waals surface area contributed by atoms with Crippen LogP contribution in [0.15, 0.2) is 0 Å². The summed E-state index contributed by atoms with van der Waals surface area (Å²) in [5, 5.41) is 2.85. The van der Waals surface area contributed by atoms with Crippen molar-refractivity contribution in [1.82, 2.24) is 15.1 Å². The molecule has 0 unspecified atom stereocenters. The number of carbonyl (C=O) groups excluding carboxylic acids is 2. The van der Waals surface area contributed by atoms with Crippen LogP contribution in [0.3, 0.4) is 0 Å². The van der Waals surface area contributed by atoms with Crippen molar-refractivity contribution in [2.24, 2.45) is 0 Å². The molecule has 2 saturated heterocycles. The van der Waals surface area contributed by atoms with Crippen molar-refractivity contribution in [3.63, 3.8) is 0 Å². The molecule has 20 heavy (non-hydrogen) atoms. The first-order valence-electron chi connectivity index (χ1n) is 7.82. The van der Waals surface area contributed by atoms with Gasteiger partial charge in [0, 0.05) is 12.6 Å². The topological polar surface area (TPSA) is 52.7 Å². The highest BCUT2D eigenvalue weighted by Crippen LogP contribution is 2.24. The molecule has 2 aliphatic rings. The Morgan fingerprint density at radius 2 is 2.10 bits per heavy atom. The Hall–Kier alpha value is -1.10. The fraction of sp³-hybridized carbons (Fsp3) is 0.867. The van der Waals surface area contributed by atoms with Crippen molar-refractivity contribution in [2.45, 2.75) is 64.0 Å². The fourth-order valence-electron chi connectivity index (χ4n) is 3.41. The van der Waals surface area contributed by atoms with E-state index in [4.69, 9.17) is 0 Å². The van der Waals surface area contributed by atoms with E-state index in [1.807, 2.05) is 13.8 Å². The number of rotatable bonds is 5. The Morgan fingerprint density at radius 3 is 2.75 bits per heavy atom. The van der Waals surface area contributed by atoms with E-state index < -0.39 is 5.54 Å². The molecule has 2 heterocycles. The van der Waals surface area contributed by atoms with Crippen LogP contribution in [0.25, 0.3) is 0 Å². The monoisotopic (exact) mass is 281 g/mol. The van der Waals surface area contributed by atoms with Gasteiger partial charge in [0.05, 0.1) is 0 Å². The van der Waals surface area contributed by atoms with E-state index in [1.54, 1.807) is 0 Å². The average Bonchev–Trinajstić information content (AvgIpc) is 2.60. The molecule has 1 N–H and O–H groups in total. The summed E-state index contributed by atoms with van der Waals surface area (Å²) in [6, 6.07) is 0.284. The van der Waals surface area contributed by atoms with E-state index in [2.05, 4.69) is 17.3 Å². The highest BCUT2D eigenvalue weighted by Gasteiger charge is 2.46. The predicted molar refractivity (Wildman–Crippen MR) is 78.4 cm³/mol. The zero-order chi connectivity index (χ0) is 14.8. The Labute approximate surface area is 121 Å². The Kier molecular flexibility index (Phi) is 4.68. The molecule has 2 rings (SSSR count). The molecular formula is C15H27N3O2. The number of likely N-dealkylation sites (tertiary alicyclic amines) is 1. The third kappa shape index (κ3) is 2.97. The zero-order valence-corrected chi connectivity index (χ0v) is 12.9. The van der Waals surface area contributed by atoms with Crippen molar-refractivity contribution in [2.75, 3.05) is 20.1 Å². The number of imide groups is 1. The number of hydrogen-bond acceptors (Lipinski definition) is 3. The van der Waals surface area contributed by atoms with Crippen molar-refractivity contribution >= 4 is 11.9 Å². The molecule has 5 heteroatoms. The lowest BCUT2D eigenvalue weighted by Crippen LogP contribution is -2.44. The average molecular weight is 281 g/mol. The van der Waals surface area contributed by atoms with Gasteiger partial charge in [0.1, 0.15) is 5.54 Å². The molecule has 0 saturated carbocycles. The maximum absolute atomic E-state index is 12.4. The summed E-state index contributed by atoms with van der Waals surface area (Å²) in [6.07, 6.45) is 6.16. The molecular weight excluding hydrogens is 254 g/mol. The van der Waals surface area contributed by atoms with Crippen LogP contribution in [0, 0.1) is 0 Å². The lowest BCUT2D eigenvalue weighted by Gasteiger charge is -2.33. The zero-order valence-electron chi connectivity index (χ0n) is 12.9. The van der Waals surface area contributed by atoms with Gasteiger partial charge in [-0.15, -0.1) is 0 Å². The minimum Gasteiger partial charge on any atom is -0.323 e. The van der Waals surface area contributed by atoms with E-state index in [9.17, 15) is 9.59 Å². The smallest absolute Gasteiger partial charge is 0.323 e. The summed E-state index contributed by atoms with van der Waals surface area (Å²) < 4.78 is 0. The van der Waals surface area contributed by atoms with E-state index >= 15 is 0 Å². The first kappa shape index (κ1) is 15.3. The Morgan fingerprint density at radius 1 is 1.35 bits per heavy atom. The largest absolute Gasteiger partial charge is 0.325 e. The molecule has 0 aromatic heterocycles. The van der Waals surface area contributed by atoms with Crippen molar-refractivity contribution in [3.8, 4) is 0 Å². The van der Waals surface area contributed by atoms with Crippen LogP contribution in [0.4, 0.5) is 4.79 Å². The number of nitrogens with one attached hydrogen (secondary N) is 1. The SMILES string of the molecule is CCC[C@]1(C)NC(=O)N(CC[C@H]2CCCCN2C)C1=O. The lowest BCUT2D eigenvalue weighted by molar-refractivity contribution is -0.131. The third-order valence-corrected chi connectivity index (χ3v) is 4.70. The van der Waals surface area contributed by atoms with Gasteiger partial charge in [-0.05, 0) is 46.2 Å². The molecule has 2 fully saturated rings. The van der Waals surface area contributed by atoms with Gasteiger partial charge in [0.2, 0.25) is 0 Å². The quantitative estimate of drug-likeness (QED) is 0.784. The number of carbonyl (C=O) groups is 2. The van der Waals surface area contributed by atoms with Gasteiger partial charge in [-0.3, -0.25) is 9.69 Å². The highest BCUT2D eigenvalue weighted by atomic mass is 16.2. The van der Waals surface area contributed by atoms with Gasteiger partial charge in [0.25, 0.3) is 5.91 Å². The van der Waals surface area contributed by atoms with Gasteiger partial charge in [-0.1, -0.05) is 19.8 Å². The first-order valence-corrected chi connectivity index (χ1v) is 7.82. The number of amides is 3. The van der Waals surface area contributed by atoms with Crippen molar-refractivity contribution < 1.29 is 9.59 Å². The molecule has 0 aliphatic carbocycles. The molecule has 5 nitrogen and oxygen atoms in total. The molecule has 0 aromatic carbocycles. The molecule has 0 spiro atoms. The number of nitrogens with zero attached hydrogens (tertiary/aromatic N) is 2. The van der Waals surface area contributed by atoms with Crippen molar-refractivity contribution in [3.05, 3.63) is 0 Å². The summed E-state index contributed by atoms with van der Waals surface area (Å²) in [5.74, 6) is -0.0530. The normalized spacial score (nSPS) is 31.8. The molecule has 114 valence electrons. The van der Waals surface area contributed by atoms with E-state index in [1.165, 1.54) is 24.2 Å². The lowest BCUT2D eigenvalue weighted by atomic mass is 9.96. The standard InChI is InChI=1S/C15H27N3O2/c1-4-9-15(2)13(19)18(14(20)16-15)11-8-12-7-5-6-10-17(12)3/h12H,4-11H2,1-3H3,(H,16,20)/t12-,15+/m1/s1. The van der Waals surface area contributed by atoms with Gasteiger partial charge in [-0.25, -0.2) is 4.79 Å². The summed E-state index contributed by atoms with van der Waals surface area (Å²) in [7, 11) is 2.14. The summed E-state index contributed by atoms with van der Waals surface area (Å²) in [6.45, 7) is 5.53. The maximum Gasteiger partial charge on any atom is 0.325 e. The third-order valence-electron chi connectivity index (χ3n) is 4.70. The number of hydrogen-bond donors (Lipinski definition) is 1. The van der Waals surface area contributed by atoms with E-state index in [-0.39, 0.29) is 11.9 Å². The van der Waals surface area contributed by atoms with Gasteiger partial charge < -0.3 is 10.2 Å². The second-order valence-electron chi connectivity index (χ2n) is 6.39. The van der Waals surface area contributed by atoms with Crippen LogP contribution < -0.4 is 5.32 Å². The molecule has 0 bridgehead atoms. The summed E-state index contributed by atoms with van der Waals surface area (Å²) >= 11 is 0. The van der Waals surface area contributed by atoms with E-state index in [0.29, 0.717) is 19.0 Å². The number of piperidine rings is 1. The minimum absolute atomic E-state index is 0.0530. The first-order chi connectivity index (χ1) is 9.48. The minimum atomic E-state index is -0.690. The van der Waals surface area contributed by atoms with Crippen LogP contribution in [0.2, 0.25) is 0 Å². The van der Waals surface area contributed by atoms with Gasteiger partial charge >= 0.3 is 6.03 Å². The molecule has 3 amide bonds. The second kappa shape index (κ2) is 6.12. The van der Waals surface area contributed by atoms with Crippen LogP contribution in [-0.4, -0.2) is 53.5 Å². The van der Waals surface area contributed by atoms with Crippen LogP contribution >= 0.6 is 0 Å². The predicted octanol–water partition coefficient (Wildman–Crippen LogP) is 1.97. The van der Waals surface area contributed by atoms with Gasteiger partial charge in [-0.2, -0.15) is 0 Å². The van der Waals surface area contributed by atoms with Crippen molar-refractivity contribution in [1.29, 1.82) is 0 Å². The fourth-order valence-corrected chi connectivity index (χ4v) is 3.41. The molecule has 2 aliphatic heterocycles. The molecule has 0 aromatic rings. The highest BCUT2D eigenvalue weighted by molar-refractivity contribution is 6.06. The molecule has 0 radical (unpaired) electrons. The van der Waals surface area contributed by atoms with Gasteiger partial charge in [0.15, 0.2) is 0 Å². The second-order valence-corrected chi connectivity index (χ2v) is 6.39. The summed E-state index contributed by atoms with van der Waals surface area (Å²) in [5.41, 5.74) is -0.690. The van der Waals surface area contributed by atoms with Crippen LogP contribution in [0.5, 0.6) is 0 Å². The number of urea groups is 1. The summed E-state index contributed by atoms with van der Waals surface area (Å²) in [4.78, 5) is 28.2. The molecule has 2 atom stereocenters. The Bertz CT molecular complexity index is 385. The Balaban J connectivity index is 1.92. The van der Waals surface area contributed by atoms with E-state index in [0.717, 1.165) is 19.4 Å². The maximum atomic E-state index is 12.4.